The van der Waals surface area contributed by atoms with Crippen molar-refractivity contribution in [3.05, 3.63) is 112 Å². The lowest BCUT2D eigenvalue weighted by atomic mass is 10.0. The van der Waals surface area contributed by atoms with E-state index in [4.69, 9.17) is 28.4 Å². The van der Waals surface area contributed by atoms with E-state index in [0.29, 0.717) is 120 Å². The van der Waals surface area contributed by atoms with Gasteiger partial charge in [0, 0.05) is 100 Å². The summed E-state index contributed by atoms with van der Waals surface area (Å²) in [5, 5.41) is 20.1. The molecule has 5 heterocycles. The summed E-state index contributed by atoms with van der Waals surface area (Å²) in [6.45, 7) is 10.5. The summed E-state index contributed by atoms with van der Waals surface area (Å²) in [7, 11) is 0. The maximum Gasteiger partial charge on any atom is 0.264 e. The van der Waals surface area contributed by atoms with Crippen LogP contribution >= 0.6 is 0 Å². The third-order valence-electron chi connectivity index (χ3n) is 14.0. The summed E-state index contributed by atoms with van der Waals surface area (Å²) in [6.07, 6.45) is 3.03. The van der Waals surface area contributed by atoms with E-state index in [2.05, 4.69) is 47.3 Å². The number of H-pyrrole nitrogens is 1. The molecule has 5 aromatic rings. The highest BCUT2D eigenvalue weighted by Gasteiger charge is 2.45. The number of halogens is 2. The van der Waals surface area contributed by atoms with Gasteiger partial charge in [-0.2, -0.15) is 5.10 Å². The van der Waals surface area contributed by atoms with Crippen molar-refractivity contribution in [2.75, 3.05) is 139 Å². The third-order valence-corrected chi connectivity index (χ3v) is 14.0. The smallest absolute Gasteiger partial charge is 0.264 e. The van der Waals surface area contributed by atoms with E-state index in [9.17, 15) is 32.8 Å². The maximum atomic E-state index is 14.0. The van der Waals surface area contributed by atoms with Gasteiger partial charge in [-0.1, -0.05) is 12.1 Å². The van der Waals surface area contributed by atoms with E-state index in [1.54, 1.807) is 18.2 Å². The van der Waals surface area contributed by atoms with Crippen LogP contribution in [0.2, 0.25) is 0 Å². The number of rotatable bonds is 28. The first-order valence-electron chi connectivity index (χ1n) is 26.7. The van der Waals surface area contributed by atoms with Gasteiger partial charge in [-0.05, 0) is 97.8 Å². The van der Waals surface area contributed by atoms with Gasteiger partial charge >= 0.3 is 0 Å². The zero-order valence-electron chi connectivity index (χ0n) is 43.6. The van der Waals surface area contributed by atoms with E-state index in [1.165, 1.54) is 12.1 Å². The van der Waals surface area contributed by atoms with Crippen molar-refractivity contribution in [2.24, 2.45) is 0 Å². The van der Waals surface area contributed by atoms with Crippen molar-refractivity contribution in [2.45, 2.75) is 50.6 Å². The number of carbonyl (C=O) groups is 5. The lowest BCUT2D eigenvalue weighted by molar-refractivity contribution is -0.136. The molecule has 20 nitrogen and oxygen atoms in total. The van der Waals surface area contributed by atoms with Crippen molar-refractivity contribution >= 4 is 63.3 Å². The van der Waals surface area contributed by atoms with Gasteiger partial charge in [0.25, 0.3) is 17.7 Å². The molecule has 0 aliphatic carbocycles. The molecule has 4 aromatic carbocycles. The van der Waals surface area contributed by atoms with Gasteiger partial charge in [-0.25, -0.2) is 8.78 Å². The zero-order chi connectivity index (χ0) is 54.2. The number of ether oxygens (including phenoxy) is 6. The molecule has 1 unspecified atom stereocenters. The molecular formula is C56H67F2N9O11. The number of nitrogens with zero attached hydrogens (tertiary/aromatic N) is 4. The first kappa shape index (κ1) is 55.8. The van der Waals surface area contributed by atoms with Crippen LogP contribution in [-0.4, -0.2) is 180 Å². The predicted molar refractivity (Wildman–Crippen MR) is 286 cm³/mol. The second-order valence-corrected chi connectivity index (χ2v) is 19.5. The van der Waals surface area contributed by atoms with Crippen LogP contribution in [0.15, 0.2) is 72.8 Å². The molecule has 1 atom stereocenters. The van der Waals surface area contributed by atoms with Crippen LogP contribution in [-0.2, 0) is 44.4 Å². The molecule has 3 saturated heterocycles. The van der Waals surface area contributed by atoms with Crippen LogP contribution in [0.1, 0.15) is 74.3 Å². The van der Waals surface area contributed by atoms with E-state index in [1.807, 2.05) is 30.3 Å². The molecule has 4 aliphatic heterocycles. The van der Waals surface area contributed by atoms with Crippen molar-refractivity contribution in [1.29, 1.82) is 0 Å². The topological polar surface area (TPSA) is 227 Å². The van der Waals surface area contributed by atoms with Crippen LogP contribution in [0.4, 0.5) is 31.7 Å². The van der Waals surface area contributed by atoms with Gasteiger partial charge in [0.15, 0.2) is 5.82 Å². The number of imide groups is 2. The van der Waals surface area contributed by atoms with E-state index >= 15 is 0 Å². The van der Waals surface area contributed by atoms with Crippen molar-refractivity contribution < 1.29 is 61.2 Å². The SMILES string of the molecule is O=C1CCC(N2C(=O)c3cccc(NCCOCCOCCOCCOCCOCCCN4CCN(c5ccc(C(=O)Nc6n[nH]c7ccc(Cc8cc(F)cc(F)c8)cc67)c(NC6CCOCC6)c5)CC4)c3C2=O)C(=O)N1. The average molecular weight is 1080 g/mol. The van der Waals surface area contributed by atoms with Gasteiger partial charge in [0.05, 0.1) is 81.7 Å². The molecule has 0 bridgehead atoms. The minimum Gasteiger partial charge on any atom is -0.382 e. The van der Waals surface area contributed by atoms with Crippen LogP contribution < -0.4 is 26.2 Å². The number of piperidine rings is 1. The quantitative estimate of drug-likeness (QED) is 0.0313. The third kappa shape index (κ3) is 14.8. The second kappa shape index (κ2) is 27.6. The number of fused-ring (bicyclic) bond motifs is 2. The molecule has 0 spiro atoms. The highest BCUT2D eigenvalue weighted by Crippen LogP contribution is 2.33. The highest BCUT2D eigenvalue weighted by molar-refractivity contribution is 6.25. The lowest BCUT2D eigenvalue weighted by Crippen LogP contribution is -2.54. The van der Waals surface area contributed by atoms with Gasteiger partial charge < -0.3 is 49.3 Å². The minimum absolute atomic E-state index is 0.0566. The van der Waals surface area contributed by atoms with Crippen LogP contribution in [0.3, 0.4) is 0 Å². The summed E-state index contributed by atoms with van der Waals surface area (Å²) < 4.78 is 61.7. The van der Waals surface area contributed by atoms with Crippen molar-refractivity contribution in [3.8, 4) is 0 Å². The summed E-state index contributed by atoms with van der Waals surface area (Å²) in [5.41, 5.74) is 5.21. The summed E-state index contributed by atoms with van der Waals surface area (Å²) in [4.78, 5) is 70.0. The van der Waals surface area contributed by atoms with E-state index in [-0.39, 0.29) is 35.9 Å². The number of anilines is 4. The number of carbonyl (C=O) groups excluding carboxylic acids is 5. The number of aromatic amines is 1. The first-order chi connectivity index (χ1) is 38.1. The number of nitrogens with one attached hydrogen (secondary N) is 5. The fourth-order valence-corrected chi connectivity index (χ4v) is 10.0. The molecule has 4 aliphatic rings. The summed E-state index contributed by atoms with van der Waals surface area (Å²) in [5.74, 6) is -3.40. The molecule has 0 radical (unpaired) electrons. The molecule has 78 heavy (non-hydrogen) atoms. The lowest BCUT2D eigenvalue weighted by Gasteiger charge is -2.36. The Hall–Kier alpha value is -6.92. The number of hydrogen-bond acceptors (Lipinski definition) is 16. The maximum absolute atomic E-state index is 14.0. The largest absolute Gasteiger partial charge is 0.382 e. The number of benzene rings is 4. The summed E-state index contributed by atoms with van der Waals surface area (Å²) in [6, 6.07) is 19.0. The Morgan fingerprint density at radius 3 is 2.12 bits per heavy atom. The Morgan fingerprint density at radius 1 is 0.718 bits per heavy atom. The fraction of sp³-hybridized carbons (Fsp3) is 0.464. The Labute approximate surface area is 450 Å². The Kier molecular flexibility index (Phi) is 19.8. The van der Waals surface area contributed by atoms with E-state index < -0.39 is 41.3 Å². The number of piperazine rings is 1. The highest BCUT2D eigenvalue weighted by atomic mass is 19.1. The first-order valence-corrected chi connectivity index (χ1v) is 26.7. The van der Waals surface area contributed by atoms with Crippen molar-refractivity contribution in [1.82, 2.24) is 25.3 Å². The molecule has 0 saturated carbocycles. The van der Waals surface area contributed by atoms with Crippen LogP contribution in [0.25, 0.3) is 10.9 Å². The van der Waals surface area contributed by atoms with E-state index in [0.717, 1.165) is 85.4 Å². The molecular weight excluding hydrogens is 1010 g/mol. The van der Waals surface area contributed by atoms with Gasteiger partial charge in [0.2, 0.25) is 11.8 Å². The van der Waals surface area contributed by atoms with Crippen LogP contribution in [0, 0.1) is 11.6 Å². The second-order valence-electron chi connectivity index (χ2n) is 19.5. The molecule has 5 N–H and O–H groups in total. The number of hydrogen-bond donors (Lipinski definition) is 5. The van der Waals surface area contributed by atoms with Gasteiger partial charge in [0.1, 0.15) is 17.7 Å². The van der Waals surface area contributed by atoms with Gasteiger partial charge in [-0.15, -0.1) is 0 Å². The molecule has 5 amide bonds. The monoisotopic (exact) mass is 1080 g/mol. The molecule has 1 aromatic heterocycles. The standard InChI is InChI=1S/C56H67F2N9O11/c57-39-32-38(33-40(58)35-39)31-37-5-8-46-45(34-37)52(64-63-46)62-53(69)43-7-6-42(36-48(43)60-41-11-20-74-21-12-41)66-17-15-65(16-18-66)14-2-19-73-23-25-76-27-29-78-30-28-77-26-24-75-22-13-59-47-4-1-3-44-51(47)56(72)67(55(44)71)49-9-10-50(68)61-54(49)70/h1,3-8,32-36,41,49,59-60H,2,9-31H2,(H,61,68,70)(H2,62,63,64,69). The van der Waals surface area contributed by atoms with Gasteiger partial charge in [-0.3, -0.25) is 44.2 Å². The van der Waals surface area contributed by atoms with Crippen molar-refractivity contribution in [3.63, 3.8) is 0 Å². The number of amides is 5. The fourth-order valence-electron chi connectivity index (χ4n) is 10.0. The van der Waals surface area contributed by atoms with Crippen LogP contribution in [0.5, 0.6) is 0 Å². The molecule has 3 fully saturated rings. The average Bonchev–Trinajstić information content (AvgIpc) is 3.98. The predicted octanol–water partition coefficient (Wildman–Crippen LogP) is 5.38. The normalized spacial score (nSPS) is 17.2. The Bertz CT molecular complexity index is 2870. The Morgan fingerprint density at radius 2 is 1.41 bits per heavy atom. The molecule has 22 heteroatoms. The number of aromatic nitrogens is 2. The molecule has 9 rings (SSSR count). The Balaban J connectivity index is 0.603. The minimum atomic E-state index is -1.02. The molecule has 416 valence electrons. The zero-order valence-corrected chi connectivity index (χ0v) is 43.6. The summed E-state index contributed by atoms with van der Waals surface area (Å²) >= 11 is 0.